The standard InChI is InChI=1S/C21H24N2O2/c24-16-12-11-15-7-4-10-20(18(15)13-16)23-21(25)22-19-9-3-6-14-5-1-2-8-17(14)19/h1-2,4-5,7-8,10,16,19,24H,3,6,9,11-13H2,(H2,22,23,25). The summed E-state index contributed by atoms with van der Waals surface area (Å²) in [7, 11) is 0. The number of benzene rings is 2. The Hall–Kier alpha value is -2.33. The number of urea groups is 1. The Morgan fingerprint density at radius 3 is 2.76 bits per heavy atom. The third-order valence-corrected chi connectivity index (χ3v) is 5.38. The fraction of sp³-hybridized carbons (Fsp3) is 0.381. The average molecular weight is 336 g/mol. The number of fused-ring (bicyclic) bond motifs is 2. The fourth-order valence-electron chi connectivity index (χ4n) is 4.11. The molecule has 0 saturated carbocycles. The lowest BCUT2D eigenvalue weighted by Gasteiger charge is -2.27. The van der Waals surface area contributed by atoms with Gasteiger partial charge in [0.05, 0.1) is 12.1 Å². The molecule has 2 amide bonds. The lowest BCUT2D eigenvalue weighted by atomic mass is 9.88. The fourth-order valence-corrected chi connectivity index (χ4v) is 4.11. The summed E-state index contributed by atoms with van der Waals surface area (Å²) >= 11 is 0. The number of hydrogen-bond acceptors (Lipinski definition) is 2. The predicted molar refractivity (Wildman–Crippen MR) is 98.7 cm³/mol. The highest BCUT2D eigenvalue weighted by Gasteiger charge is 2.23. The van der Waals surface area contributed by atoms with Crippen molar-refractivity contribution in [3.05, 3.63) is 64.7 Å². The number of amides is 2. The first kappa shape index (κ1) is 16.2. The highest BCUT2D eigenvalue weighted by Crippen LogP contribution is 2.30. The van der Waals surface area contributed by atoms with Gasteiger partial charge in [0.25, 0.3) is 0 Å². The molecule has 4 heteroatoms. The Morgan fingerprint density at radius 1 is 1.00 bits per heavy atom. The van der Waals surface area contributed by atoms with Crippen molar-refractivity contribution in [3.8, 4) is 0 Å². The maximum Gasteiger partial charge on any atom is 0.319 e. The van der Waals surface area contributed by atoms with Gasteiger partial charge in [-0.3, -0.25) is 0 Å². The van der Waals surface area contributed by atoms with Gasteiger partial charge in [-0.1, -0.05) is 36.4 Å². The number of hydrogen-bond donors (Lipinski definition) is 3. The van der Waals surface area contributed by atoms with E-state index in [1.165, 1.54) is 16.7 Å². The van der Waals surface area contributed by atoms with Crippen molar-refractivity contribution in [2.45, 2.75) is 50.7 Å². The van der Waals surface area contributed by atoms with E-state index in [2.05, 4.69) is 34.9 Å². The van der Waals surface area contributed by atoms with Crippen LogP contribution in [0.3, 0.4) is 0 Å². The van der Waals surface area contributed by atoms with Crippen molar-refractivity contribution < 1.29 is 9.90 Å². The largest absolute Gasteiger partial charge is 0.393 e. The number of aliphatic hydroxyl groups is 1. The van der Waals surface area contributed by atoms with E-state index in [1.807, 2.05) is 18.2 Å². The van der Waals surface area contributed by atoms with Gasteiger partial charge in [0.15, 0.2) is 0 Å². The van der Waals surface area contributed by atoms with Crippen molar-refractivity contribution in [3.63, 3.8) is 0 Å². The monoisotopic (exact) mass is 336 g/mol. The molecule has 0 saturated heterocycles. The van der Waals surface area contributed by atoms with Gasteiger partial charge in [-0.25, -0.2) is 4.79 Å². The Kier molecular flexibility index (Phi) is 4.45. The molecular formula is C21H24N2O2. The summed E-state index contributed by atoms with van der Waals surface area (Å²) in [6.07, 6.45) is 5.09. The molecule has 3 N–H and O–H groups in total. The van der Waals surface area contributed by atoms with Gasteiger partial charge in [-0.05, 0) is 60.4 Å². The second-order valence-electron chi connectivity index (χ2n) is 7.08. The minimum Gasteiger partial charge on any atom is -0.393 e. The molecule has 0 bridgehead atoms. The molecule has 2 atom stereocenters. The number of anilines is 1. The van der Waals surface area contributed by atoms with Crippen LogP contribution in [0.4, 0.5) is 10.5 Å². The molecule has 0 heterocycles. The molecule has 2 aliphatic carbocycles. The second-order valence-corrected chi connectivity index (χ2v) is 7.08. The number of aryl methyl sites for hydroxylation is 2. The van der Waals surface area contributed by atoms with Crippen molar-refractivity contribution in [1.29, 1.82) is 0 Å². The minimum absolute atomic E-state index is 0.0649. The zero-order valence-corrected chi connectivity index (χ0v) is 14.3. The summed E-state index contributed by atoms with van der Waals surface area (Å²) in [6, 6.07) is 14.2. The van der Waals surface area contributed by atoms with Gasteiger partial charge in [0.2, 0.25) is 0 Å². The van der Waals surface area contributed by atoms with E-state index in [1.54, 1.807) is 0 Å². The molecule has 0 fully saturated rings. The van der Waals surface area contributed by atoms with Crippen LogP contribution in [0.25, 0.3) is 0 Å². The first-order valence-corrected chi connectivity index (χ1v) is 9.15. The van der Waals surface area contributed by atoms with Gasteiger partial charge >= 0.3 is 6.03 Å². The molecule has 0 aromatic heterocycles. The Bertz CT molecular complexity index is 787. The van der Waals surface area contributed by atoms with E-state index in [4.69, 9.17) is 0 Å². The molecule has 25 heavy (non-hydrogen) atoms. The number of carbonyl (C=O) groups is 1. The molecule has 2 aromatic carbocycles. The first-order chi connectivity index (χ1) is 12.2. The maximum atomic E-state index is 12.6. The first-order valence-electron chi connectivity index (χ1n) is 9.15. The molecule has 0 aliphatic heterocycles. The number of carbonyl (C=O) groups excluding carboxylic acids is 1. The summed E-state index contributed by atoms with van der Waals surface area (Å²) in [4.78, 5) is 12.6. The van der Waals surface area contributed by atoms with Crippen LogP contribution in [0, 0.1) is 0 Å². The van der Waals surface area contributed by atoms with Gasteiger partial charge in [0.1, 0.15) is 0 Å². The summed E-state index contributed by atoms with van der Waals surface area (Å²) in [6.45, 7) is 0. The van der Waals surface area contributed by atoms with E-state index < -0.39 is 0 Å². The average Bonchev–Trinajstić information content (AvgIpc) is 2.62. The van der Waals surface area contributed by atoms with Crippen molar-refractivity contribution in [1.82, 2.24) is 5.32 Å². The van der Waals surface area contributed by atoms with E-state index in [0.717, 1.165) is 43.4 Å². The van der Waals surface area contributed by atoms with Crippen LogP contribution >= 0.6 is 0 Å². The number of nitrogens with one attached hydrogen (secondary N) is 2. The lowest BCUT2D eigenvalue weighted by molar-refractivity contribution is 0.159. The van der Waals surface area contributed by atoms with Crippen LogP contribution in [0.5, 0.6) is 0 Å². The Morgan fingerprint density at radius 2 is 1.84 bits per heavy atom. The zero-order chi connectivity index (χ0) is 17.2. The maximum absolute atomic E-state index is 12.6. The van der Waals surface area contributed by atoms with Gasteiger partial charge < -0.3 is 15.7 Å². The molecule has 130 valence electrons. The van der Waals surface area contributed by atoms with E-state index in [-0.39, 0.29) is 18.2 Å². The summed E-state index contributed by atoms with van der Waals surface area (Å²) in [5.41, 5.74) is 5.68. The Labute approximate surface area is 148 Å². The van der Waals surface area contributed by atoms with Gasteiger partial charge in [-0.2, -0.15) is 0 Å². The normalized spacial score (nSPS) is 21.8. The highest BCUT2D eigenvalue weighted by molar-refractivity contribution is 5.90. The zero-order valence-electron chi connectivity index (χ0n) is 14.3. The van der Waals surface area contributed by atoms with Crippen LogP contribution in [-0.4, -0.2) is 17.2 Å². The molecule has 0 radical (unpaired) electrons. The highest BCUT2D eigenvalue weighted by atomic mass is 16.3. The van der Waals surface area contributed by atoms with Crippen molar-refractivity contribution >= 4 is 11.7 Å². The van der Waals surface area contributed by atoms with E-state index in [0.29, 0.717) is 6.42 Å². The van der Waals surface area contributed by atoms with E-state index >= 15 is 0 Å². The molecule has 0 spiro atoms. The van der Waals surface area contributed by atoms with Gasteiger partial charge in [-0.15, -0.1) is 0 Å². The predicted octanol–water partition coefficient (Wildman–Crippen LogP) is 3.74. The third-order valence-electron chi connectivity index (χ3n) is 5.38. The SMILES string of the molecule is O=C(Nc1cccc2c1CC(O)CC2)NC1CCCc2ccccc21. The number of aliphatic hydroxyl groups excluding tert-OH is 1. The summed E-state index contributed by atoms with van der Waals surface area (Å²) in [5, 5.41) is 16.1. The Balaban J connectivity index is 1.49. The van der Waals surface area contributed by atoms with Crippen LogP contribution in [0.1, 0.15) is 47.6 Å². The minimum atomic E-state index is -0.316. The molecule has 4 nitrogen and oxygen atoms in total. The van der Waals surface area contributed by atoms with Crippen LogP contribution in [0.15, 0.2) is 42.5 Å². The van der Waals surface area contributed by atoms with Crippen molar-refractivity contribution in [2.24, 2.45) is 0 Å². The van der Waals surface area contributed by atoms with Crippen molar-refractivity contribution in [2.75, 3.05) is 5.32 Å². The second kappa shape index (κ2) is 6.89. The quantitative estimate of drug-likeness (QED) is 0.782. The van der Waals surface area contributed by atoms with Crippen LogP contribution in [0.2, 0.25) is 0 Å². The third kappa shape index (κ3) is 3.40. The molecule has 4 rings (SSSR count). The van der Waals surface area contributed by atoms with Crippen LogP contribution in [-0.2, 0) is 19.3 Å². The topological polar surface area (TPSA) is 61.4 Å². The van der Waals surface area contributed by atoms with Gasteiger partial charge in [0, 0.05) is 12.1 Å². The van der Waals surface area contributed by atoms with E-state index in [9.17, 15) is 9.90 Å². The molecule has 2 aromatic rings. The molecule has 2 aliphatic rings. The smallest absolute Gasteiger partial charge is 0.319 e. The lowest BCUT2D eigenvalue weighted by Crippen LogP contribution is -2.35. The van der Waals surface area contributed by atoms with Crippen LogP contribution < -0.4 is 10.6 Å². The number of rotatable bonds is 2. The summed E-state index contributed by atoms with van der Waals surface area (Å²) in [5.74, 6) is 0. The summed E-state index contributed by atoms with van der Waals surface area (Å²) < 4.78 is 0. The molecular weight excluding hydrogens is 312 g/mol. The molecule has 2 unspecified atom stereocenters.